The lowest BCUT2D eigenvalue weighted by Crippen LogP contribution is -2.50. The third kappa shape index (κ3) is 3.35. The van der Waals surface area contributed by atoms with Crippen molar-refractivity contribution >= 4 is 17.7 Å². The Morgan fingerprint density at radius 2 is 1.95 bits per heavy atom. The minimum Gasteiger partial charge on any atom is -0.369 e. The second kappa shape index (κ2) is 7.68. The molecule has 0 radical (unpaired) electrons. The van der Waals surface area contributed by atoms with Gasteiger partial charge in [-0.15, -0.1) is 0 Å². The van der Waals surface area contributed by atoms with Gasteiger partial charge in [-0.2, -0.15) is 0 Å². The van der Waals surface area contributed by atoms with E-state index in [1.54, 1.807) is 7.05 Å². The normalized spacial score (nSPS) is 27.9. The van der Waals surface area contributed by atoms with Gasteiger partial charge in [0.25, 0.3) is 11.8 Å². The predicted molar refractivity (Wildman–Crippen MR) is 133 cm³/mol. The molecular weight excluding hydrogens is 470 g/mol. The second-order valence-electron chi connectivity index (χ2n) is 11.3. The van der Waals surface area contributed by atoms with Crippen molar-refractivity contribution in [2.24, 2.45) is 11.7 Å². The molecule has 2 saturated heterocycles. The molecule has 5 heterocycles. The van der Waals surface area contributed by atoms with E-state index in [4.69, 9.17) is 10.7 Å². The van der Waals surface area contributed by atoms with Gasteiger partial charge in [0.2, 0.25) is 11.5 Å². The van der Waals surface area contributed by atoms with Gasteiger partial charge in [-0.25, -0.2) is 4.98 Å². The smallest absolute Gasteiger partial charge is 0.269 e. The molecule has 6 aliphatic rings. The van der Waals surface area contributed by atoms with Gasteiger partial charge in [0.15, 0.2) is 0 Å². The summed E-state index contributed by atoms with van der Waals surface area (Å²) in [6.07, 6.45) is 4.15. The van der Waals surface area contributed by atoms with Gasteiger partial charge in [-0.3, -0.25) is 14.4 Å². The third-order valence-corrected chi connectivity index (χ3v) is 8.82. The zero-order valence-electron chi connectivity index (χ0n) is 20.7. The van der Waals surface area contributed by atoms with E-state index in [-0.39, 0.29) is 36.1 Å². The number of imidazole rings is 1. The molecule has 1 aromatic carbocycles. The van der Waals surface area contributed by atoms with Gasteiger partial charge in [-0.1, -0.05) is 17.9 Å². The fraction of sp³-hybridized carbons (Fsp3) is 0.500. The van der Waals surface area contributed by atoms with Crippen molar-refractivity contribution in [3.8, 4) is 23.2 Å². The van der Waals surface area contributed by atoms with Crippen LogP contribution in [0.5, 0.6) is 0 Å². The molecule has 3 N–H and O–H groups in total. The minimum atomic E-state index is -1.66. The van der Waals surface area contributed by atoms with Crippen LogP contribution in [0, 0.1) is 17.8 Å². The molecule has 3 amide bonds. The summed E-state index contributed by atoms with van der Waals surface area (Å²) in [7, 11) is 1.66. The summed E-state index contributed by atoms with van der Waals surface area (Å²) in [5, 5.41) is 10.7. The maximum Gasteiger partial charge on any atom is 0.269 e. The number of carbonyl (C=O) groups excluding carboxylic acids is 3. The fourth-order valence-electron chi connectivity index (χ4n) is 6.38. The van der Waals surface area contributed by atoms with Gasteiger partial charge >= 0.3 is 0 Å². The summed E-state index contributed by atoms with van der Waals surface area (Å²) >= 11 is 0. The standard InChI is InChI=1S/C28H29N5O4/c1-31-9-8-28(37,27(31)36)7-6-15-2-5-20-17-11-19(12-17)33-23(18-13-32(14-18)26(35)16-3-4-16)22(24(29)34)30-25(33)21(20)10-15/h2,5,10,16-19,37H,3-4,8-9,11-14H2,1H3,(H2,29,34)/t17?,19?,28-/m0/s1. The van der Waals surface area contributed by atoms with Crippen LogP contribution in [0.3, 0.4) is 0 Å². The number of likely N-dealkylation sites (N-methyl/N-ethyl adjacent to an activating group) is 1. The number of rotatable bonds is 3. The van der Waals surface area contributed by atoms with Gasteiger partial charge < -0.3 is 25.2 Å². The number of benzene rings is 1. The van der Waals surface area contributed by atoms with Gasteiger partial charge in [0, 0.05) is 62.1 Å². The molecule has 8 rings (SSSR count). The lowest BCUT2D eigenvalue weighted by Gasteiger charge is -2.42. The van der Waals surface area contributed by atoms with E-state index >= 15 is 0 Å². The van der Waals surface area contributed by atoms with E-state index in [2.05, 4.69) is 22.5 Å². The first-order chi connectivity index (χ1) is 17.7. The zero-order chi connectivity index (χ0) is 25.6. The first-order valence-corrected chi connectivity index (χ1v) is 13.1. The van der Waals surface area contributed by atoms with Crippen LogP contribution < -0.4 is 5.73 Å². The van der Waals surface area contributed by atoms with Crippen LogP contribution in [0.1, 0.15) is 77.3 Å². The van der Waals surface area contributed by atoms with Crippen LogP contribution in [-0.4, -0.2) is 74.5 Å². The van der Waals surface area contributed by atoms with Crippen molar-refractivity contribution in [2.45, 2.75) is 55.6 Å². The van der Waals surface area contributed by atoms with Crippen LogP contribution in [0.2, 0.25) is 0 Å². The Kier molecular flexibility index (Phi) is 4.68. The van der Waals surface area contributed by atoms with E-state index in [0.717, 1.165) is 42.8 Å². The maximum absolute atomic E-state index is 12.5. The monoisotopic (exact) mass is 499 g/mol. The Labute approximate surface area is 214 Å². The first kappa shape index (κ1) is 22.5. The summed E-state index contributed by atoms with van der Waals surface area (Å²) < 4.78 is 2.20. The third-order valence-electron chi connectivity index (χ3n) is 8.82. The molecule has 2 saturated carbocycles. The number of primary amides is 1. The molecule has 9 heteroatoms. The molecule has 4 aliphatic heterocycles. The fourth-order valence-corrected chi connectivity index (χ4v) is 6.38. The lowest BCUT2D eigenvalue weighted by molar-refractivity contribution is -0.138. The number of nitrogens with zero attached hydrogens (tertiary/aromatic N) is 4. The molecule has 0 spiro atoms. The molecule has 1 aromatic heterocycles. The van der Waals surface area contributed by atoms with Crippen molar-refractivity contribution in [2.75, 3.05) is 26.7 Å². The van der Waals surface area contributed by atoms with Gasteiger partial charge in [-0.05, 0) is 49.3 Å². The first-order valence-electron chi connectivity index (χ1n) is 13.1. The summed E-state index contributed by atoms with van der Waals surface area (Å²) in [6.45, 7) is 1.66. The largest absolute Gasteiger partial charge is 0.369 e. The number of likely N-dealkylation sites (tertiary alicyclic amines) is 2. The molecular formula is C28H29N5O4. The lowest BCUT2D eigenvalue weighted by atomic mass is 9.75. The van der Waals surface area contributed by atoms with Gasteiger partial charge in [0.1, 0.15) is 11.5 Å². The number of amides is 3. The Morgan fingerprint density at radius 1 is 1.19 bits per heavy atom. The van der Waals surface area contributed by atoms with Crippen molar-refractivity contribution in [1.82, 2.24) is 19.4 Å². The van der Waals surface area contributed by atoms with E-state index in [9.17, 15) is 19.5 Å². The molecule has 1 atom stereocenters. The van der Waals surface area contributed by atoms with Crippen LogP contribution in [0.4, 0.5) is 0 Å². The highest BCUT2D eigenvalue weighted by molar-refractivity contribution is 5.94. The summed E-state index contributed by atoms with van der Waals surface area (Å²) in [4.78, 5) is 45.5. The number of hydrogen-bond donors (Lipinski definition) is 2. The predicted octanol–water partition coefficient (Wildman–Crippen LogP) is 1.36. The van der Waals surface area contributed by atoms with Crippen molar-refractivity contribution in [3.05, 3.63) is 40.7 Å². The van der Waals surface area contributed by atoms with Crippen LogP contribution in [0.15, 0.2) is 18.2 Å². The van der Waals surface area contributed by atoms with E-state index in [0.29, 0.717) is 36.8 Å². The molecule has 4 fully saturated rings. The Morgan fingerprint density at radius 3 is 2.59 bits per heavy atom. The quantitative estimate of drug-likeness (QED) is 0.618. The van der Waals surface area contributed by atoms with E-state index in [1.807, 2.05) is 17.0 Å². The average molecular weight is 500 g/mol. The molecule has 2 aromatic rings. The van der Waals surface area contributed by atoms with Crippen LogP contribution >= 0.6 is 0 Å². The Balaban J connectivity index is 1.27. The highest BCUT2D eigenvalue weighted by atomic mass is 16.3. The second-order valence-corrected chi connectivity index (χ2v) is 11.3. The zero-order valence-corrected chi connectivity index (χ0v) is 20.7. The van der Waals surface area contributed by atoms with Crippen LogP contribution in [-0.2, 0) is 9.59 Å². The van der Waals surface area contributed by atoms with Crippen molar-refractivity contribution in [1.29, 1.82) is 0 Å². The molecule has 9 nitrogen and oxygen atoms in total. The van der Waals surface area contributed by atoms with Crippen molar-refractivity contribution < 1.29 is 19.5 Å². The van der Waals surface area contributed by atoms with E-state index < -0.39 is 11.5 Å². The van der Waals surface area contributed by atoms with Gasteiger partial charge in [0.05, 0.1) is 5.69 Å². The van der Waals surface area contributed by atoms with E-state index in [1.165, 1.54) is 10.5 Å². The molecule has 0 unspecified atom stereocenters. The Bertz CT molecular complexity index is 1430. The highest BCUT2D eigenvalue weighted by Gasteiger charge is 2.46. The summed E-state index contributed by atoms with van der Waals surface area (Å²) in [5.74, 6) is 6.43. The van der Waals surface area contributed by atoms with Crippen LogP contribution in [0.25, 0.3) is 11.4 Å². The summed E-state index contributed by atoms with van der Waals surface area (Å²) in [5.41, 5.74) is 8.06. The number of aromatic nitrogens is 2. The molecule has 190 valence electrons. The Hall–Kier alpha value is -3.64. The number of aliphatic hydroxyl groups is 1. The average Bonchev–Trinajstić information content (AvgIpc) is 3.59. The minimum absolute atomic E-state index is 0.0367. The summed E-state index contributed by atoms with van der Waals surface area (Å²) in [6, 6.07) is 6.17. The number of carbonyl (C=O) groups is 3. The molecule has 2 bridgehead atoms. The SMILES string of the molecule is CN1CC[C@@](O)(C#Cc2ccc3c(c2)-c2nc(C(N)=O)c(C4CN(C(=O)C5CC5)C4)n2C2CC3C2)C1=O. The number of nitrogens with two attached hydrogens (primary N) is 1. The molecule has 37 heavy (non-hydrogen) atoms. The maximum atomic E-state index is 12.5. The molecule has 2 aliphatic carbocycles. The van der Waals surface area contributed by atoms with Crippen molar-refractivity contribution in [3.63, 3.8) is 0 Å². The highest BCUT2D eigenvalue weighted by Crippen LogP contribution is 2.54. The number of hydrogen-bond acceptors (Lipinski definition) is 5. The topological polar surface area (TPSA) is 122 Å².